The average Bonchev–Trinajstić information content (AvgIpc) is 3.10. The second-order valence-electron chi connectivity index (χ2n) is 11.8. The molecule has 0 aromatic heterocycles. The number of rotatable bonds is 13. The van der Waals surface area contributed by atoms with E-state index in [0.717, 1.165) is 48.6 Å². The molecule has 3 atom stereocenters. The van der Waals surface area contributed by atoms with Gasteiger partial charge in [0.15, 0.2) is 6.29 Å². The van der Waals surface area contributed by atoms with Gasteiger partial charge in [0.2, 0.25) is 11.8 Å². The smallest absolute Gasteiger partial charge is 0.269 e. The lowest BCUT2D eigenvalue weighted by molar-refractivity contribution is -0.384. The van der Waals surface area contributed by atoms with E-state index in [1.165, 1.54) is 12.1 Å². The first-order valence-electron chi connectivity index (χ1n) is 15.9. The predicted molar refractivity (Wildman–Crippen MR) is 174 cm³/mol. The van der Waals surface area contributed by atoms with Crippen LogP contribution >= 0.6 is 0 Å². The summed E-state index contributed by atoms with van der Waals surface area (Å²) in [6.45, 7) is 3.91. The highest BCUT2D eigenvalue weighted by Gasteiger charge is 2.34. The number of nitro benzene ring substituents is 1. The third-order valence-electron chi connectivity index (χ3n) is 8.52. The first-order chi connectivity index (χ1) is 22.8. The van der Waals surface area contributed by atoms with Gasteiger partial charge in [-0.2, -0.15) is 0 Å². The maximum Gasteiger partial charge on any atom is 0.269 e. The number of hydrogen-bond acceptors (Lipinski definition) is 10. The first-order valence-corrected chi connectivity index (χ1v) is 15.9. The van der Waals surface area contributed by atoms with Gasteiger partial charge in [0.1, 0.15) is 0 Å². The van der Waals surface area contributed by atoms with Gasteiger partial charge < -0.3 is 24.8 Å². The number of benzene rings is 3. The Bertz CT molecular complexity index is 1480. The van der Waals surface area contributed by atoms with Gasteiger partial charge in [-0.1, -0.05) is 36.4 Å². The van der Waals surface area contributed by atoms with Crippen LogP contribution in [0.15, 0.2) is 72.8 Å². The van der Waals surface area contributed by atoms with Gasteiger partial charge in [-0.25, -0.2) is 5.48 Å². The molecule has 2 aliphatic heterocycles. The monoisotopic (exact) mass is 647 g/mol. The van der Waals surface area contributed by atoms with Gasteiger partial charge >= 0.3 is 0 Å². The lowest BCUT2D eigenvalue weighted by Crippen LogP contribution is -2.49. The van der Waals surface area contributed by atoms with E-state index in [0.29, 0.717) is 31.5 Å². The Labute approximate surface area is 273 Å². The quantitative estimate of drug-likeness (QED) is 0.0900. The van der Waals surface area contributed by atoms with Crippen LogP contribution in [0.5, 0.6) is 0 Å². The van der Waals surface area contributed by atoms with Crippen molar-refractivity contribution in [2.75, 3.05) is 42.9 Å². The van der Waals surface area contributed by atoms with Crippen molar-refractivity contribution in [3.8, 4) is 0 Å². The molecule has 0 aliphatic carbocycles. The molecule has 13 heteroatoms. The van der Waals surface area contributed by atoms with Gasteiger partial charge in [-0.15, -0.1) is 0 Å². The van der Waals surface area contributed by atoms with Crippen LogP contribution in [0.4, 0.5) is 17.1 Å². The lowest BCUT2D eigenvalue weighted by atomic mass is 9.99. The van der Waals surface area contributed by atoms with E-state index in [-0.39, 0.29) is 43.3 Å². The summed E-state index contributed by atoms with van der Waals surface area (Å²) in [5.74, 6) is -0.630. The molecule has 2 heterocycles. The number of nitrogens with one attached hydrogen (secondary N) is 2. The van der Waals surface area contributed by atoms with Crippen molar-refractivity contribution in [1.82, 2.24) is 10.4 Å². The standard InChI is InChI=1S/C34H41N5O8/c40-23-24-5-7-25(8-6-24)31-21-30(22-37-17-19-38(20-18-37)28-13-15-29(16-14-28)39(44)45)46-34(47-31)26-9-11-27(12-10-26)35-32(41)3-1-2-4-33(42)36-43/h5-16,30-31,34,40,43H,1-4,17-23H2,(H,35,41)(H,36,42)/t30-,31+,34+/m1/s1. The Kier molecular flexibility index (Phi) is 11.9. The second-order valence-corrected chi connectivity index (χ2v) is 11.8. The molecule has 0 spiro atoms. The fourth-order valence-electron chi connectivity index (χ4n) is 5.87. The number of nitrogens with zero attached hydrogens (tertiary/aromatic N) is 3. The minimum atomic E-state index is -0.625. The van der Waals surface area contributed by atoms with E-state index < -0.39 is 17.1 Å². The molecular weight excluding hydrogens is 606 g/mol. The van der Waals surface area contributed by atoms with Crippen molar-refractivity contribution in [2.24, 2.45) is 0 Å². The zero-order valence-corrected chi connectivity index (χ0v) is 26.1. The molecule has 2 fully saturated rings. The Hall–Kier alpha value is -4.40. The molecule has 2 aliphatic rings. The summed E-state index contributed by atoms with van der Waals surface area (Å²) in [7, 11) is 0. The van der Waals surface area contributed by atoms with Crippen molar-refractivity contribution in [1.29, 1.82) is 0 Å². The summed E-state index contributed by atoms with van der Waals surface area (Å²) in [6.07, 6.45) is 1.13. The van der Waals surface area contributed by atoms with E-state index >= 15 is 0 Å². The first kappa shape index (κ1) is 33.9. The fourth-order valence-corrected chi connectivity index (χ4v) is 5.87. The van der Waals surface area contributed by atoms with Crippen LogP contribution in [-0.4, -0.2) is 70.8 Å². The largest absolute Gasteiger partial charge is 0.392 e. The SMILES string of the molecule is O=C(CCCCC(=O)Nc1ccc([C@H]2O[C@@H](CN3CCN(c4ccc([N+](=O)[O-])cc4)CC3)C[C@@H](c3ccc(CO)cc3)O2)cc1)NO. The molecule has 5 rings (SSSR count). The number of unbranched alkanes of at least 4 members (excludes halogenated alkanes) is 1. The Morgan fingerprint density at radius 3 is 2.11 bits per heavy atom. The molecule has 3 aromatic carbocycles. The number of aliphatic hydroxyl groups excluding tert-OH is 1. The van der Waals surface area contributed by atoms with Crippen LogP contribution in [0.25, 0.3) is 0 Å². The number of hydroxylamine groups is 1. The predicted octanol–water partition coefficient (Wildman–Crippen LogP) is 4.46. The van der Waals surface area contributed by atoms with Crippen LogP contribution in [0.2, 0.25) is 0 Å². The van der Waals surface area contributed by atoms with Crippen molar-refractivity contribution in [3.63, 3.8) is 0 Å². The van der Waals surface area contributed by atoms with Crippen LogP contribution in [-0.2, 0) is 25.7 Å². The van der Waals surface area contributed by atoms with Crippen molar-refractivity contribution in [2.45, 2.75) is 57.2 Å². The molecule has 0 radical (unpaired) electrons. The number of piperazine rings is 1. The van der Waals surface area contributed by atoms with E-state index in [2.05, 4.69) is 15.1 Å². The number of nitro groups is 1. The molecule has 2 amide bonds. The van der Waals surface area contributed by atoms with E-state index in [1.54, 1.807) is 17.6 Å². The zero-order chi connectivity index (χ0) is 33.2. The van der Waals surface area contributed by atoms with Gasteiger partial charge in [0.05, 0.1) is 23.7 Å². The van der Waals surface area contributed by atoms with Crippen molar-refractivity contribution >= 4 is 28.9 Å². The highest BCUT2D eigenvalue weighted by molar-refractivity contribution is 5.90. The summed E-state index contributed by atoms with van der Waals surface area (Å²) in [5.41, 5.74) is 5.93. The van der Waals surface area contributed by atoms with Crippen molar-refractivity contribution < 1.29 is 34.3 Å². The van der Waals surface area contributed by atoms with Gasteiger partial charge in [0, 0.05) is 81.1 Å². The molecule has 47 heavy (non-hydrogen) atoms. The molecule has 2 saturated heterocycles. The van der Waals surface area contributed by atoms with E-state index in [9.17, 15) is 24.8 Å². The molecule has 0 bridgehead atoms. The van der Waals surface area contributed by atoms with E-state index in [4.69, 9.17) is 14.7 Å². The third-order valence-corrected chi connectivity index (χ3v) is 8.52. The Balaban J connectivity index is 1.20. The highest BCUT2D eigenvalue weighted by atomic mass is 16.7. The number of carbonyl (C=O) groups excluding carboxylic acids is 2. The number of carbonyl (C=O) groups is 2. The molecular formula is C34H41N5O8. The summed E-state index contributed by atoms with van der Waals surface area (Å²) >= 11 is 0. The lowest BCUT2D eigenvalue weighted by Gasteiger charge is -2.41. The van der Waals surface area contributed by atoms with Crippen LogP contribution in [0.1, 0.15) is 61.2 Å². The number of anilines is 2. The normalized spacial score (nSPS) is 20.0. The van der Waals surface area contributed by atoms with Gasteiger partial charge in [-0.3, -0.25) is 29.8 Å². The summed E-state index contributed by atoms with van der Waals surface area (Å²) < 4.78 is 13.0. The highest BCUT2D eigenvalue weighted by Crippen LogP contribution is 2.38. The van der Waals surface area contributed by atoms with Gasteiger partial charge in [-0.05, 0) is 48.2 Å². The number of hydrogen-bond donors (Lipinski definition) is 4. The maximum absolute atomic E-state index is 12.4. The number of amides is 2. The number of aliphatic hydroxyl groups is 1. The fraction of sp³-hybridized carbons (Fsp3) is 0.412. The number of ether oxygens (including phenoxy) is 2. The third kappa shape index (κ3) is 9.56. The molecule has 13 nitrogen and oxygen atoms in total. The maximum atomic E-state index is 12.4. The summed E-state index contributed by atoms with van der Waals surface area (Å²) in [6, 6.07) is 21.8. The molecule has 3 aromatic rings. The van der Waals surface area contributed by atoms with E-state index in [1.807, 2.05) is 48.5 Å². The molecule has 0 unspecified atom stereocenters. The molecule has 250 valence electrons. The average molecular weight is 648 g/mol. The summed E-state index contributed by atoms with van der Waals surface area (Å²) in [4.78, 5) is 38.7. The zero-order valence-electron chi connectivity index (χ0n) is 26.1. The number of non-ortho nitro benzene ring substituents is 1. The van der Waals surface area contributed by atoms with Crippen LogP contribution in [0.3, 0.4) is 0 Å². The summed E-state index contributed by atoms with van der Waals surface area (Å²) in [5, 5.41) is 32.0. The van der Waals surface area contributed by atoms with Crippen molar-refractivity contribution in [3.05, 3.63) is 99.6 Å². The molecule has 4 N–H and O–H groups in total. The van der Waals surface area contributed by atoms with Crippen LogP contribution in [0, 0.1) is 10.1 Å². The topological polar surface area (TPSA) is 167 Å². The Morgan fingerprint density at radius 2 is 1.49 bits per heavy atom. The minimum Gasteiger partial charge on any atom is -0.392 e. The second kappa shape index (κ2) is 16.4. The molecule has 0 saturated carbocycles. The van der Waals surface area contributed by atoms with Crippen LogP contribution < -0.4 is 15.7 Å². The van der Waals surface area contributed by atoms with Gasteiger partial charge in [0.25, 0.3) is 5.69 Å². The Morgan fingerprint density at radius 1 is 0.851 bits per heavy atom. The minimum absolute atomic E-state index is 0.0320.